The van der Waals surface area contributed by atoms with Gasteiger partial charge >= 0.3 is 13.1 Å². The topological polar surface area (TPSA) is 82.1 Å². The summed E-state index contributed by atoms with van der Waals surface area (Å²) < 4.78 is 0. The van der Waals surface area contributed by atoms with E-state index >= 15 is 0 Å². The van der Waals surface area contributed by atoms with Crippen LogP contribution in [0.5, 0.6) is 0 Å². The van der Waals surface area contributed by atoms with Crippen LogP contribution in [0, 0.1) is 12.0 Å². The van der Waals surface area contributed by atoms with Crippen LogP contribution in [0.15, 0.2) is 35.0 Å². The fourth-order valence-electron chi connectivity index (χ4n) is 2.07. The van der Waals surface area contributed by atoms with Crippen LogP contribution in [-0.2, 0) is 4.79 Å². The van der Waals surface area contributed by atoms with Crippen molar-refractivity contribution >= 4 is 13.1 Å². The third-order valence-corrected chi connectivity index (χ3v) is 3.60. The Morgan fingerprint density at radius 3 is 2.38 bits per heavy atom. The second-order valence-electron chi connectivity index (χ2n) is 5.94. The van der Waals surface area contributed by atoms with Gasteiger partial charge in [0, 0.05) is 5.57 Å². The normalized spacial score (nSPS) is 19.3. The fourth-order valence-corrected chi connectivity index (χ4v) is 2.07. The summed E-state index contributed by atoms with van der Waals surface area (Å²) in [4.78, 5) is 13.4. The predicted octanol–water partition coefficient (Wildman–Crippen LogP) is 2.34. The molecule has 5 nitrogen and oxygen atoms in total. The lowest BCUT2D eigenvalue weighted by atomic mass is 9.67. The summed E-state index contributed by atoms with van der Waals surface area (Å²) in [6, 6.07) is 0. The van der Waals surface area contributed by atoms with E-state index in [0.717, 1.165) is 24.7 Å². The van der Waals surface area contributed by atoms with E-state index in [4.69, 9.17) is 21.7 Å². The first kappa shape index (κ1) is 17.2. The number of hydrogen-bond acceptors (Lipinski definition) is 3. The monoisotopic (exact) mass is 289 g/mol. The zero-order valence-corrected chi connectivity index (χ0v) is 12.3. The number of carbonyl (C=O) groups is 1. The van der Waals surface area contributed by atoms with Crippen molar-refractivity contribution in [1.82, 2.24) is 0 Å². The molecule has 0 aromatic heterocycles. The average molecular weight is 289 g/mol. The van der Waals surface area contributed by atoms with E-state index < -0.39 is 13.1 Å². The minimum absolute atomic E-state index is 0.297. The summed E-state index contributed by atoms with van der Waals surface area (Å²) >= 11 is 0. The summed E-state index contributed by atoms with van der Waals surface area (Å²) in [7, 11) is -1.23. The number of hydrogen-bond donors (Lipinski definition) is 3. The Balaban J connectivity index is 0.000000211. The molecule has 112 valence electrons. The molecule has 0 bridgehead atoms. The smallest absolute Gasteiger partial charge is 0.478 e. The van der Waals surface area contributed by atoms with Gasteiger partial charge in [-0.1, -0.05) is 26.0 Å². The molecule has 2 aliphatic carbocycles. The van der Waals surface area contributed by atoms with Crippen molar-refractivity contribution in [1.29, 1.82) is 0 Å². The van der Waals surface area contributed by atoms with E-state index in [1.807, 2.05) is 6.08 Å². The van der Waals surface area contributed by atoms with Gasteiger partial charge in [-0.25, -0.2) is 9.64 Å². The van der Waals surface area contributed by atoms with Crippen molar-refractivity contribution in [3.63, 3.8) is 0 Å². The molecule has 2 rings (SSSR count). The second kappa shape index (κ2) is 7.25. The highest BCUT2D eigenvalue weighted by atomic mass is 16.4. The SMILES string of the molecule is CC1(C)CC=C(B(O)O)CC1.[C-]#[N+]C1=CCC(C(=O)O)=C1. The first-order valence-electron chi connectivity index (χ1n) is 6.82. The van der Waals surface area contributed by atoms with Crippen LogP contribution in [0.4, 0.5) is 0 Å². The molecule has 0 radical (unpaired) electrons. The molecule has 0 aromatic rings. The molecule has 0 aliphatic heterocycles. The zero-order chi connectivity index (χ0) is 16.0. The van der Waals surface area contributed by atoms with Crippen LogP contribution in [0.2, 0.25) is 0 Å². The highest BCUT2D eigenvalue weighted by molar-refractivity contribution is 6.50. The number of carboxylic acids is 1. The van der Waals surface area contributed by atoms with Crippen LogP contribution in [0.1, 0.15) is 39.5 Å². The largest absolute Gasteiger partial charge is 0.483 e. The van der Waals surface area contributed by atoms with E-state index in [1.54, 1.807) is 6.08 Å². The van der Waals surface area contributed by atoms with Gasteiger partial charge in [-0.2, -0.15) is 0 Å². The van der Waals surface area contributed by atoms with E-state index in [2.05, 4.69) is 18.7 Å². The molecule has 0 atom stereocenters. The molecule has 0 amide bonds. The minimum atomic E-state index is -1.23. The summed E-state index contributed by atoms with van der Waals surface area (Å²) in [6.45, 7) is 10.9. The molecule has 6 heteroatoms. The van der Waals surface area contributed by atoms with Crippen molar-refractivity contribution in [2.75, 3.05) is 0 Å². The van der Waals surface area contributed by atoms with Gasteiger partial charge in [0.15, 0.2) is 5.70 Å². The summed E-state index contributed by atoms with van der Waals surface area (Å²) in [5.74, 6) is -0.935. The molecule has 0 heterocycles. The maximum Gasteiger partial charge on any atom is 0.483 e. The maximum atomic E-state index is 10.3. The molecular weight excluding hydrogens is 269 g/mol. The standard InChI is InChI=1S/C8H15BO2.C7H5NO2/c1-8(2)5-3-7(4-6-8)9(10)11;1-8-6-3-2-5(4-6)7(9)10/h3,10-11H,4-6H2,1-2H3;3-4H,2H2,(H,9,10). The van der Waals surface area contributed by atoms with Crippen molar-refractivity contribution in [2.45, 2.75) is 39.5 Å². The first-order chi connectivity index (χ1) is 9.75. The van der Waals surface area contributed by atoms with Gasteiger partial charge < -0.3 is 15.2 Å². The predicted molar refractivity (Wildman–Crippen MR) is 80.9 cm³/mol. The molecule has 3 N–H and O–H groups in total. The van der Waals surface area contributed by atoms with Gasteiger partial charge in [0.2, 0.25) is 0 Å². The number of aliphatic carboxylic acids is 1. The molecule has 0 unspecified atom stereocenters. The van der Waals surface area contributed by atoms with Gasteiger partial charge in [-0.05, 0) is 42.6 Å². The van der Waals surface area contributed by atoms with Gasteiger partial charge in [0.05, 0.1) is 6.57 Å². The van der Waals surface area contributed by atoms with Crippen molar-refractivity contribution < 1.29 is 19.9 Å². The highest BCUT2D eigenvalue weighted by Crippen LogP contribution is 2.34. The molecule has 2 aliphatic rings. The molecular formula is C15H20BNO4. The molecule has 0 fully saturated rings. The van der Waals surface area contributed by atoms with E-state index in [9.17, 15) is 4.79 Å². The van der Waals surface area contributed by atoms with Crippen molar-refractivity contribution in [2.24, 2.45) is 5.41 Å². The number of allylic oxidation sites excluding steroid dienone is 4. The van der Waals surface area contributed by atoms with E-state index in [0.29, 0.717) is 23.1 Å². The summed E-state index contributed by atoms with van der Waals surface area (Å²) in [5, 5.41) is 26.1. The molecule has 0 spiro atoms. The Bertz CT molecular complexity index is 538. The molecule has 21 heavy (non-hydrogen) atoms. The Labute approximate surface area is 125 Å². The maximum absolute atomic E-state index is 10.3. The fraction of sp³-hybridized carbons (Fsp3) is 0.467. The second-order valence-corrected chi connectivity index (χ2v) is 5.94. The van der Waals surface area contributed by atoms with Crippen LogP contribution < -0.4 is 0 Å². The number of rotatable bonds is 2. The average Bonchev–Trinajstić information content (AvgIpc) is 2.88. The Morgan fingerprint density at radius 1 is 1.38 bits per heavy atom. The third kappa shape index (κ3) is 5.58. The van der Waals surface area contributed by atoms with Gasteiger partial charge in [-0.15, -0.1) is 0 Å². The third-order valence-electron chi connectivity index (χ3n) is 3.60. The number of nitrogens with zero attached hydrogens (tertiary/aromatic N) is 1. The van der Waals surface area contributed by atoms with Gasteiger partial charge in [0.1, 0.15) is 0 Å². The molecule has 0 saturated heterocycles. The zero-order valence-electron chi connectivity index (χ0n) is 12.3. The van der Waals surface area contributed by atoms with E-state index in [1.165, 1.54) is 6.08 Å². The quantitative estimate of drug-likeness (QED) is 0.538. The lowest BCUT2D eigenvalue weighted by Crippen LogP contribution is -2.22. The Hall–Kier alpha value is -1.84. The summed E-state index contributed by atoms with van der Waals surface area (Å²) in [6.07, 6.45) is 8.17. The van der Waals surface area contributed by atoms with Crippen molar-refractivity contribution in [3.8, 4) is 0 Å². The first-order valence-corrected chi connectivity index (χ1v) is 6.82. The number of carboxylic acid groups (broad SMARTS) is 1. The van der Waals surface area contributed by atoms with Gasteiger partial charge in [0.25, 0.3) is 0 Å². The Kier molecular flexibility index (Phi) is 5.95. The Morgan fingerprint density at radius 2 is 2.05 bits per heavy atom. The van der Waals surface area contributed by atoms with Gasteiger partial charge in [-0.3, -0.25) is 0 Å². The van der Waals surface area contributed by atoms with Crippen LogP contribution in [0.3, 0.4) is 0 Å². The van der Waals surface area contributed by atoms with Crippen molar-refractivity contribution in [3.05, 3.63) is 46.4 Å². The van der Waals surface area contributed by atoms with Crippen LogP contribution in [0.25, 0.3) is 4.85 Å². The van der Waals surface area contributed by atoms with Crippen LogP contribution in [-0.4, -0.2) is 28.2 Å². The lowest BCUT2D eigenvalue weighted by Gasteiger charge is -2.28. The molecule has 0 saturated carbocycles. The lowest BCUT2D eigenvalue weighted by molar-refractivity contribution is -0.132. The summed E-state index contributed by atoms with van der Waals surface area (Å²) in [5.41, 5.74) is 1.85. The highest BCUT2D eigenvalue weighted by Gasteiger charge is 2.25. The minimum Gasteiger partial charge on any atom is -0.478 e. The van der Waals surface area contributed by atoms with Crippen LogP contribution >= 0.6 is 0 Å². The molecule has 0 aromatic carbocycles. The van der Waals surface area contributed by atoms with E-state index in [-0.39, 0.29) is 0 Å².